The topological polar surface area (TPSA) is 137 Å². The van der Waals surface area contributed by atoms with E-state index in [0.717, 1.165) is 12.1 Å². The molecule has 11 heteroatoms. The molecule has 0 bridgehead atoms. The molecule has 0 saturated heterocycles. The van der Waals surface area contributed by atoms with Crippen molar-refractivity contribution in [3.63, 3.8) is 0 Å². The number of rotatable bonds is 7. The molecular weight excluding hydrogens is 291 g/mol. The Kier molecular flexibility index (Phi) is 5.75. The van der Waals surface area contributed by atoms with Crippen LogP contribution < -0.4 is 5.43 Å². The van der Waals surface area contributed by atoms with Crippen molar-refractivity contribution in [1.29, 1.82) is 0 Å². The lowest BCUT2D eigenvalue weighted by Gasteiger charge is -2.01. The zero-order valence-electron chi connectivity index (χ0n) is 10.3. The van der Waals surface area contributed by atoms with Crippen LogP contribution in [0.5, 0.6) is 0 Å². The van der Waals surface area contributed by atoms with Crippen LogP contribution in [0.25, 0.3) is 0 Å². The van der Waals surface area contributed by atoms with Crippen LogP contribution >= 0.6 is 8.03 Å². The Morgan fingerprint density at radius 2 is 2.10 bits per heavy atom. The molecule has 1 aromatic rings. The Hall–Kier alpha value is -2.32. The third-order valence-electron chi connectivity index (χ3n) is 2.15. The van der Waals surface area contributed by atoms with Crippen molar-refractivity contribution < 1.29 is 18.9 Å². The van der Waals surface area contributed by atoms with E-state index < -0.39 is 29.2 Å². The van der Waals surface area contributed by atoms with Crippen LogP contribution in [0.2, 0.25) is 0 Å². The Morgan fingerprint density at radius 1 is 1.40 bits per heavy atom. The SMILES string of the molecule is CO[PH](=O)CC=NNc1ccc([N+](=O)[O-])cc1[N+](=O)[O-]. The summed E-state index contributed by atoms with van der Waals surface area (Å²) >= 11 is 0. The van der Waals surface area contributed by atoms with Crippen LogP contribution in [-0.2, 0) is 9.09 Å². The minimum atomic E-state index is -2.19. The predicted octanol–water partition coefficient (Wildman–Crippen LogP) is 2.02. The summed E-state index contributed by atoms with van der Waals surface area (Å²) in [5.74, 6) is 0. The van der Waals surface area contributed by atoms with Crippen molar-refractivity contribution in [1.82, 2.24) is 0 Å². The number of non-ortho nitro benzene ring substituents is 1. The average molecular weight is 302 g/mol. The Bertz CT molecular complexity index is 576. The molecule has 0 aliphatic heterocycles. The molecule has 0 fully saturated rings. The monoisotopic (exact) mass is 302 g/mol. The fraction of sp³-hybridized carbons (Fsp3) is 0.222. The molecule has 108 valence electrons. The molecule has 20 heavy (non-hydrogen) atoms. The van der Waals surface area contributed by atoms with Crippen molar-refractivity contribution >= 4 is 31.3 Å². The first kappa shape index (κ1) is 15.7. The molecule has 0 heterocycles. The first-order chi connectivity index (χ1) is 9.45. The third-order valence-corrected chi connectivity index (χ3v) is 3.12. The summed E-state index contributed by atoms with van der Waals surface area (Å²) in [6.07, 6.45) is 1.32. The van der Waals surface area contributed by atoms with E-state index >= 15 is 0 Å². The first-order valence-electron chi connectivity index (χ1n) is 5.23. The van der Waals surface area contributed by atoms with E-state index in [-0.39, 0.29) is 11.8 Å². The maximum Gasteiger partial charge on any atom is 0.301 e. The second kappa shape index (κ2) is 7.31. The molecular formula is C9H11N4O6P. The highest BCUT2D eigenvalue weighted by atomic mass is 31.1. The normalized spacial score (nSPS) is 12.2. The molecule has 10 nitrogen and oxygen atoms in total. The van der Waals surface area contributed by atoms with E-state index in [0.29, 0.717) is 0 Å². The summed E-state index contributed by atoms with van der Waals surface area (Å²) in [6, 6.07) is 3.12. The largest absolute Gasteiger partial charge is 0.334 e. The lowest BCUT2D eigenvalue weighted by Crippen LogP contribution is -1.98. The van der Waals surface area contributed by atoms with Gasteiger partial charge in [0.2, 0.25) is 0 Å². The molecule has 0 aliphatic rings. The maximum atomic E-state index is 11.0. The Labute approximate surface area is 113 Å². The molecule has 1 N–H and O–H groups in total. The van der Waals surface area contributed by atoms with Gasteiger partial charge in [0, 0.05) is 19.4 Å². The number of hydrogen-bond acceptors (Lipinski definition) is 8. The minimum Gasteiger partial charge on any atom is -0.334 e. The van der Waals surface area contributed by atoms with Gasteiger partial charge in [-0.25, -0.2) is 0 Å². The van der Waals surface area contributed by atoms with Gasteiger partial charge >= 0.3 is 5.69 Å². The van der Waals surface area contributed by atoms with Crippen molar-refractivity contribution in [2.75, 3.05) is 18.7 Å². The van der Waals surface area contributed by atoms with Gasteiger partial charge in [0.25, 0.3) is 5.69 Å². The van der Waals surface area contributed by atoms with E-state index in [1.165, 1.54) is 19.4 Å². The summed E-state index contributed by atoms with van der Waals surface area (Å²) < 4.78 is 15.5. The molecule has 0 aromatic heterocycles. The fourth-order valence-corrected chi connectivity index (χ4v) is 1.60. The van der Waals surface area contributed by atoms with Crippen molar-refractivity contribution in [2.45, 2.75) is 0 Å². The van der Waals surface area contributed by atoms with Crippen LogP contribution in [0.15, 0.2) is 23.3 Å². The number of anilines is 1. The third kappa shape index (κ3) is 4.41. The number of hydrazone groups is 1. The Balaban J connectivity index is 2.87. The summed E-state index contributed by atoms with van der Waals surface area (Å²) in [5, 5.41) is 25.0. The van der Waals surface area contributed by atoms with Gasteiger partial charge in [-0.2, -0.15) is 5.10 Å². The first-order valence-corrected chi connectivity index (χ1v) is 6.75. The standard InChI is InChI=1S/C9H11N4O6P/c1-19-20(18)5-4-10-11-8-3-2-7(12(14)15)6-9(8)13(16)17/h2-4,6,11,20H,5H2,1H3. The van der Waals surface area contributed by atoms with E-state index in [2.05, 4.69) is 15.1 Å². The molecule has 0 saturated carbocycles. The van der Waals surface area contributed by atoms with Gasteiger partial charge < -0.3 is 4.52 Å². The number of hydrogen-bond donors (Lipinski definition) is 1. The smallest absolute Gasteiger partial charge is 0.301 e. The van der Waals surface area contributed by atoms with Gasteiger partial charge in [-0.15, -0.1) is 0 Å². The minimum absolute atomic E-state index is 0.00561. The highest BCUT2D eigenvalue weighted by Gasteiger charge is 2.18. The molecule has 1 rings (SSSR count). The van der Waals surface area contributed by atoms with Crippen LogP contribution in [0, 0.1) is 20.2 Å². The van der Waals surface area contributed by atoms with Gasteiger partial charge in [0.15, 0.2) is 8.03 Å². The maximum absolute atomic E-state index is 11.0. The quantitative estimate of drug-likeness (QED) is 0.352. The number of nitrogens with zero attached hydrogens (tertiary/aromatic N) is 3. The molecule has 1 atom stereocenters. The highest BCUT2D eigenvalue weighted by Crippen LogP contribution is 2.28. The Morgan fingerprint density at radius 3 is 2.65 bits per heavy atom. The van der Waals surface area contributed by atoms with Crippen LogP contribution in [0.1, 0.15) is 0 Å². The predicted molar refractivity (Wildman–Crippen MR) is 72.7 cm³/mol. The molecule has 0 amide bonds. The number of nitrogens with one attached hydrogen (secondary N) is 1. The summed E-state index contributed by atoms with van der Waals surface area (Å²) in [4.78, 5) is 19.9. The van der Waals surface area contributed by atoms with Gasteiger partial charge in [-0.1, -0.05) is 0 Å². The van der Waals surface area contributed by atoms with E-state index in [4.69, 9.17) is 0 Å². The highest BCUT2D eigenvalue weighted by molar-refractivity contribution is 7.40. The van der Waals surface area contributed by atoms with Crippen LogP contribution in [-0.4, -0.2) is 29.3 Å². The van der Waals surface area contributed by atoms with Gasteiger partial charge in [0.1, 0.15) is 5.69 Å². The van der Waals surface area contributed by atoms with Gasteiger partial charge in [0.05, 0.1) is 22.1 Å². The van der Waals surface area contributed by atoms with Crippen molar-refractivity contribution in [3.05, 3.63) is 38.4 Å². The molecule has 0 spiro atoms. The molecule has 1 unspecified atom stereocenters. The van der Waals surface area contributed by atoms with E-state index in [9.17, 15) is 24.8 Å². The zero-order chi connectivity index (χ0) is 15.1. The molecule has 1 aromatic carbocycles. The van der Waals surface area contributed by atoms with Crippen LogP contribution in [0.3, 0.4) is 0 Å². The number of nitro benzene ring substituents is 2. The second-order valence-electron chi connectivity index (χ2n) is 3.42. The van der Waals surface area contributed by atoms with Crippen molar-refractivity contribution in [3.8, 4) is 0 Å². The van der Waals surface area contributed by atoms with Gasteiger partial charge in [-0.05, 0) is 6.07 Å². The van der Waals surface area contributed by atoms with E-state index in [1.807, 2.05) is 0 Å². The number of nitro groups is 2. The fourth-order valence-electron chi connectivity index (χ4n) is 1.20. The van der Waals surface area contributed by atoms with Gasteiger partial charge in [-0.3, -0.25) is 30.2 Å². The second-order valence-corrected chi connectivity index (χ2v) is 4.98. The van der Waals surface area contributed by atoms with E-state index in [1.54, 1.807) is 0 Å². The summed E-state index contributed by atoms with van der Waals surface area (Å²) in [6.45, 7) is 0. The molecule has 0 aliphatic carbocycles. The lowest BCUT2D eigenvalue weighted by molar-refractivity contribution is -0.393. The summed E-state index contributed by atoms with van der Waals surface area (Å²) in [7, 11) is -0.894. The number of benzene rings is 1. The van der Waals surface area contributed by atoms with Crippen LogP contribution in [0.4, 0.5) is 17.1 Å². The lowest BCUT2D eigenvalue weighted by atomic mass is 10.2. The zero-order valence-corrected chi connectivity index (χ0v) is 11.3. The summed E-state index contributed by atoms with van der Waals surface area (Å²) in [5.41, 5.74) is 1.49. The average Bonchev–Trinajstić information content (AvgIpc) is 2.42. The van der Waals surface area contributed by atoms with Crippen molar-refractivity contribution in [2.24, 2.45) is 5.10 Å². The molecule has 0 radical (unpaired) electrons.